The largest absolute Gasteiger partial charge is 0.462 e. The first-order valence-corrected chi connectivity index (χ1v) is 11.4. The normalized spacial score (nSPS) is 10.4. The van der Waals surface area contributed by atoms with Crippen LogP contribution in [-0.2, 0) is 19.1 Å². The van der Waals surface area contributed by atoms with Crippen molar-refractivity contribution in [3.8, 4) is 0 Å². The summed E-state index contributed by atoms with van der Waals surface area (Å²) < 4.78 is 10.6. The fourth-order valence-electron chi connectivity index (χ4n) is 2.20. The maximum Gasteiger partial charge on any atom is 0.348 e. The summed E-state index contributed by atoms with van der Waals surface area (Å²) in [5.41, 5.74) is 0.524. The van der Waals surface area contributed by atoms with Gasteiger partial charge in [0.25, 0.3) is 0 Å². The predicted octanol–water partition coefficient (Wildman–Crippen LogP) is 2.95. The van der Waals surface area contributed by atoms with Gasteiger partial charge in [0.2, 0.25) is 16.9 Å². The molecule has 0 spiro atoms. The minimum absolute atomic E-state index is 0.0113. The van der Waals surface area contributed by atoms with Crippen molar-refractivity contribution < 1.29 is 28.7 Å². The molecule has 0 aliphatic heterocycles. The van der Waals surface area contributed by atoms with Gasteiger partial charge in [-0.05, 0) is 26.3 Å². The number of nitrogens with one attached hydrogen (secondary N) is 2. The van der Waals surface area contributed by atoms with Crippen LogP contribution in [0.4, 0.5) is 10.1 Å². The predicted molar refractivity (Wildman–Crippen MR) is 115 cm³/mol. The van der Waals surface area contributed by atoms with Gasteiger partial charge in [0.05, 0.1) is 24.5 Å². The highest BCUT2D eigenvalue weighted by Gasteiger charge is 2.27. The molecule has 0 unspecified atom stereocenters. The number of rotatable bonds is 9. The minimum Gasteiger partial charge on any atom is -0.462 e. The Morgan fingerprint density at radius 2 is 1.67 bits per heavy atom. The molecule has 13 heteroatoms. The molecule has 2 amide bonds. The Kier molecular flexibility index (Phi) is 8.74. The van der Waals surface area contributed by atoms with Crippen LogP contribution < -0.4 is 10.6 Å². The SMILES string of the molecule is CCOC(=O)c1sc(NC(=O)CSc2nnc(NC(C)=O)s2)c(C(=O)OCC)c1C. The second-order valence-corrected chi connectivity index (χ2v) is 8.81. The van der Waals surface area contributed by atoms with Gasteiger partial charge in [-0.2, -0.15) is 0 Å². The van der Waals surface area contributed by atoms with Crippen LogP contribution in [0.25, 0.3) is 0 Å². The summed E-state index contributed by atoms with van der Waals surface area (Å²) in [5.74, 6) is -1.88. The Morgan fingerprint density at radius 1 is 1.00 bits per heavy atom. The van der Waals surface area contributed by atoms with E-state index in [1.54, 1.807) is 20.8 Å². The lowest BCUT2D eigenvalue weighted by molar-refractivity contribution is -0.114. The monoisotopic (exact) mass is 472 g/mol. The summed E-state index contributed by atoms with van der Waals surface area (Å²) in [7, 11) is 0. The fourth-order valence-corrected chi connectivity index (χ4v) is 4.90. The van der Waals surface area contributed by atoms with E-state index in [9.17, 15) is 19.2 Å². The highest BCUT2D eigenvalue weighted by atomic mass is 32.2. The number of hydrogen-bond acceptors (Lipinski definition) is 11. The lowest BCUT2D eigenvalue weighted by Crippen LogP contribution is -2.16. The Balaban J connectivity index is 2.13. The number of nitrogens with zero attached hydrogens (tertiary/aromatic N) is 2. The maximum atomic E-state index is 12.4. The van der Waals surface area contributed by atoms with E-state index in [0.29, 0.717) is 15.0 Å². The molecule has 30 heavy (non-hydrogen) atoms. The standard InChI is InChI=1S/C17H20N4O6S3/c1-5-26-14(24)11-8(3)12(15(25)27-6-2)29-13(11)19-10(23)7-28-17-21-20-16(30-17)18-9(4)22/h5-7H2,1-4H3,(H,19,23)(H,18,20,22). The van der Waals surface area contributed by atoms with Crippen molar-refractivity contribution in [1.29, 1.82) is 0 Å². The van der Waals surface area contributed by atoms with Gasteiger partial charge in [0, 0.05) is 6.92 Å². The number of carbonyl (C=O) groups excluding carboxylic acids is 4. The third-order valence-electron chi connectivity index (χ3n) is 3.36. The summed E-state index contributed by atoms with van der Waals surface area (Å²) in [6.45, 7) is 6.64. The Morgan fingerprint density at radius 3 is 2.30 bits per heavy atom. The highest BCUT2D eigenvalue weighted by Crippen LogP contribution is 2.35. The second kappa shape index (κ2) is 11.0. The van der Waals surface area contributed by atoms with Gasteiger partial charge in [0.15, 0.2) is 4.34 Å². The molecule has 2 aromatic heterocycles. The van der Waals surface area contributed by atoms with Crippen molar-refractivity contribution in [3.05, 3.63) is 16.0 Å². The van der Waals surface area contributed by atoms with Gasteiger partial charge in [0.1, 0.15) is 9.88 Å². The average molecular weight is 473 g/mol. The number of carbonyl (C=O) groups is 4. The molecule has 0 aromatic carbocycles. The molecule has 0 saturated carbocycles. The molecule has 2 rings (SSSR count). The molecule has 0 radical (unpaired) electrons. The molecule has 0 atom stereocenters. The van der Waals surface area contributed by atoms with E-state index in [0.717, 1.165) is 34.4 Å². The zero-order chi connectivity index (χ0) is 22.3. The molecule has 0 bridgehead atoms. The average Bonchev–Trinajstić information content (AvgIpc) is 3.24. The summed E-state index contributed by atoms with van der Waals surface area (Å²) in [6.07, 6.45) is 0. The van der Waals surface area contributed by atoms with Crippen LogP contribution in [0.2, 0.25) is 0 Å². The van der Waals surface area contributed by atoms with Gasteiger partial charge >= 0.3 is 11.9 Å². The smallest absolute Gasteiger partial charge is 0.348 e. The van der Waals surface area contributed by atoms with Crippen molar-refractivity contribution in [3.63, 3.8) is 0 Å². The Labute approximate surface area is 184 Å². The molecule has 0 saturated heterocycles. The molecular formula is C17H20N4O6S3. The van der Waals surface area contributed by atoms with Crippen LogP contribution in [0.5, 0.6) is 0 Å². The Bertz CT molecular complexity index is 955. The quantitative estimate of drug-likeness (QED) is 0.320. The number of hydrogen-bond donors (Lipinski definition) is 2. The summed E-state index contributed by atoms with van der Waals surface area (Å²) in [4.78, 5) is 48.2. The van der Waals surface area contributed by atoms with Crippen LogP contribution in [0, 0.1) is 6.92 Å². The van der Waals surface area contributed by atoms with E-state index in [-0.39, 0.29) is 40.3 Å². The third kappa shape index (κ3) is 6.24. The van der Waals surface area contributed by atoms with Crippen molar-refractivity contribution in [1.82, 2.24) is 10.2 Å². The molecule has 2 N–H and O–H groups in total. The molecular weight excluding hydrogens is 452 g/mol. The molecule has 10 nitrogen and oxygen atoms in total. The lowest BCUT2D eigenvalue weighted by atomic mass is 10.1. The van der Waals surface area contributed by atoms with Crippen molar-refractivity contribution in [2.24, 2.45) is 0 Å². The summed E-state index contributed by atoms with van der Waals surface area (Å²) >= 11 is 3.22. The first-order chi connectivity index (χ1) is 14.3. The molecule has 0 aliphatic rings. The van der Waals surface area contributed by atoms with Gasteiger partial charge < -0.3 is 20.1 Å². The molecule has 0 aliphatic carbocycles. The minimum atomic E-state index is -0.631. The summed E-state index contributed by atoms with van der Waals surface area (Å²) in [5, 5.41) is 13.4. The molecule has 162 valence electrons. The van der Waals surface area contributed by atoms with Crippen LogP contribution >= 0.6 is 34.4 Å². The number of esters is 2. The lowest BCUT2D eigenvalue weighted by Gasteiger charge is -2.06. The maximum absolute atomic E-state index is 12.4. The zero-order valence-corrected chi connectivity index (χ0v) is 19.1. The number of thiophene rings is 1. The van der Waals surface area contributed by atoms with E-state index in [1.165, 1.54) is 6.92 Å². The van der Waals surface area contributed by atoms with Crippen LogP contribution in [0.1, 0.15) is 46.4 Å². The number of ether oxygens (including phenoxy) is 2. The Hall–Kier alpha value is -2.51. The molecule has 2 aromatic rings. The van der Waals surface area contributed by atoms with Gasteiger partial charge in [-0.3, -0.25) is 9.59 Å². The van der Waals surface area contributed by atoms with E-state index in [2.05, 4.69) is 20.8 Å². The van der Waals surface area contributed by atoms with Crippen LogP contribution in [-0.4, -0.2) is 52.9 Å². The fraction of sp³-hybridized carbons (Fsp3) is 0.412. The van der Waals surface area contributed by atoms with E-state index < -0.39 is 17.8 Å². The first kappa shape index (κ1) is 23.8. The number of amides is 2. The number of thioether (sulfide) groups is 1. The number of anilines is 2. The first-order valence-electron chi connectivity index (χ1n) is 8.78. The topological polar surface area (TPSA) is 137 Å². The van der Waals surface area contributed by atoms with Crippen molar-refractivity contribution >= 4 is 68.3 Å². The number of aromatic nitrogens is 2. The van der Waals surface area contributed by atoms with Crippen LogP contribution in [0.15, 0.2) is 4.34 Å². The van der Waals surface area contributed by atoms with Gasteiger partial charge in [-0.25, -0.2) is 9.59 Å². The molecule has 2 heterocycles. The molecule has 0 fully saturated rings. The third-order valence-corrected chi connectivity index (χ3v) is 6.52. The van der Waals surface area contributed by atoms with E-state index >= 15 is 0 Å². The second-order valence-electron chi connectivity index (χ2n) is 5.59. The van der Waals surface area contributed by atoms with Crippen molar-refractivity contribution in [2.75, 3.05) is 29.6 Å². The van der Waals surface area contributed by atoms with Gasteiger partial charge in [-0.15, -0.1) is 21.5 Å². The van der Waals surface area contributed by atoms with E-state index in [1.807, 2.05) is 0 Å². The van der Waals surface area contributed by atoms with Crippen LogP contribution in [0.3, 0.4) is 0 Å². The van der Waals surface area contributed by atoms with Crippen molar-refractivity contribution in [2.45, 2.75) is 32.0 Å². The highest BCUT2D eigenvalue weighted by molar-refractivity contribution is 8.01. The van der Waals surface area contributed by atoms with Gasteiger partial charge in [-0.1, -0.05) is 23.1 Å². The summed E-state index contributed by atoms with van der Waals surface area (Å²) in [6, 6.07) is 0. The zero-order valence-electron chi connectivity index (χ0n) is 16.7. The van der Waals surface area contributed by atoms with E-state index in [4.69, 9.17) is 9.47 Å².